The Morgan fingerprint density at radius 3 is 3.00 bits per heavy atom. The van der Waals surface area contributed by atoms with Gasteiger partial charge >= 0.3 is 5.97 Å². The molecule has 6 heteroatoms. The molecule has 0 radical (unpaired) electrons. The summed E-state index contributed by atoms with van der Waals surface area (Å²) in [7, 11) is 0. The molecule has 0 bridgehead atoms. The van der Waals surface area contributed by atoms with Gasteiger partial charge in [-0.25, -0.2) is 9.97 Å². The lowest BCUT2D eigenvalue weighted by Crippen LogP contribution is -2.10. The first-order valence-corrected chi connectivity index (χ1v) is 8.00. The van der Waals surface area contributed by atoms with Gasteiger partial charge in [-0.2, -0.15) is 0 Å². The normalized spacial score (nSPS) is 12.3. The van der Waals surface area contributed by atoms with Crippen LogP contribution in [0.1, 0.15) is 20.3 Å². The molecule has 0 amide bonds. The summed E-state index contributed by atoms with van der Waals surface area (Å²) in [6.07, 6.45) is 1.92. The molecule has 1 aromatic carbocycles. The van der Waals surface area contributed by atoms with Crippen molar-refractivity contribution in [1.29, 1.82) is 0 Å². The number of hydrogen-bond donors (Lipinski definition) is 0. The molecule has 2 aromatic rings. The molecule has 0 spiro atoms. The Labute approximate surface area is 130 Å². The van der Waals surface area contributed by atoms with Gasteiger partial charge in [0.25, 0.3) is 0 Å². The second-order valence-corrected chi connectivity index (χ2v) is 6.62. The molecule has 2 rings (SSSR count). The number of esters is 1. The van der Waals surface area contributed by atoms with Gasteiger partial charge in [0.05, 0.1) is 18.5 Å². The Morgan fingerprint density at radius 1 is 1.45 bits per heavy atom. The van der Waals surface area contributed by atoms with Crippen LogP contribution in [0.4, 0.5) is 0 Å². The van der Waals surface area contributed by atoms with Crippen LogP contribution in [0.25, 0.3) is 10.9 Å². The van der Waals surface area contributed by atoms with E-state index in [0.29, 0.717) is 13.0 Å². The Bertz CT molecular complexity index is 621. The minimum Gasteiger partial charge on any atom is -0.466 e. The molecule has 0 saturated carbocycles. The zero-order valence-corrected chi connectivity index (χ0v) is 13.7. The van der Waals surface area contributed by atoms with Gasteiger partial charge in [0.1, 0.15) is 11.4 Å². The third-order valence-corrected chi connectivity index (χ3v) is 4.24. The van der Waals surface area contributed by atoms with Gasteiger partial charge in [0, 0.05) is 15.1 Å². The van der Waals surface area contributed by atoms with Crippen LogP contribution in [-0.4, -0.2) is 27.8 Å². The van der Waals surface area contributed by atoms with E-state index in [1.165, 1.54) is 0 Å². The monoisotopic (exact) mass is 354 g/mol. The maximum absolute atomic E-state index is 11.5. The number of rotatable bonds is 5. The van der Waals surface area contributed by atoms with Gasteiger partial charge in [-0.15, -0.1) is 11.8 Å². The number of hydrogen-bond acceptors (Lipinski definition) is 5. The van der Waals surface area contributed by atoms with Crippen LogP contribution < -0.4 is 0 Å². The highest BCUT2D eigenvalue weighted by atomic mass is 79.9. The van der Waals surface area contributed by atoms with Crippen LogP contribution in [0.3, 0.4) is 0 Å². The molecule has 4 nitrogen and oxygen atoms in total. The summed E-state index contributed by atoms with van der Waals surface area (Å²) in [6.45, 7) is 4.22. The summed E-state index contributed by atoms with van der Waals surface area (Å²) in [5, 5.41) is 1.97. The van der Waals surface area contributed by atoms with E-state index in [1.54, 1.807) is 18.1 Å². The molecule has 20 heavy (non-hydrogen) atoms. The van der Waals surface area contributed by atoms with Crippen molar-refractivity contribution in [3.05, 3.63) is 29.0 Å². The molecular weight excluding hydrogens is 340 g/mol. The third-order valence-electron chi connectivity index (χ3n) is 2.63. The molecule has 1 atom stereocenters. The highest BCUT2D eigenvalue weighted by Crippen LogP contribution is 2.30. The largest absolute Gasteiger partial charge is 0.466 e. The molecule has 1 unspecified atom stereocenters. The predicted octanol–water partition coefficient (Wildman–Crippen LogP) is 3.83. The van der Waals surface area contributed by atoms with Crippen molar-refractivity contribution in [1.82, 2.24) is 9.97 Å². The average molecular weight is 355 g/mol. The number of nitrogens with zero attached hydrogens (tertiary/aromatic N) is 2. The first kappa shape index (κ1) is 15.3. The van der Waals surface area contributed by atoms with Crippen LogP contribution in [0, 0.1) is 0 Å². The summed E-state index contributed by atoms with van der Waals surface area (Å²) in [4.78, 5) is 20.0. The summed E-state index contributed by atoms with van der Waals surface area (Å²) >= 11 is 5.02. The molecule has 0 aliphatic rings. The van der Waals surface area contributed by atoms with E-state index < -0.39 is 0 Å². The highest BCUT2D eigenvalue weighted by Gasteiger charge is 2.14. The summed E-state index contributed by atoms with van der Waals surface area (Å²) in [5.74, 6) is -0.174. The third kappa shape index (κ3) is 3.93. The van der Waals surface area contributed by atoms with E-state index in [0.717, 1.165) is 20.4 Å². The summed E-state index contributed by atoms with van der Waals surface area (Å²) in [6, 6.07) is 5.89. The van der Waals surface area contributed by atoms with Crippen LogP contribution in [0.2, 0.25) is 0 Å². The van der Waals surface area contributed by atoms with E-state index in [1.807, 2.05) is 32.0 Å². The van der Waals surface area contributed by atoms with Crippen molar-refractivity contribution in [3.63, 3.8) is 0 Å². The molecule has 0 aliphatic carbocycles. The molecular formula is C14H15BrN2O2S. The van der Waals surface area contributed by atoms with Crippen molar-refractivity contribution in [3.8, 4) is 0 Å². The number of carbonyl (C=O) groups excluding carboxylic acids is 1. The number of benzene rings is 1. The zero-order chi connectivity index (χ0) is 14.5. The minimum absolute atomic E-state index is 0.103. The fourth-order valence-electron chi connectivity index (χ4n) is 1.79. The summed E-state index contributed by atoms with van der Waals surface area (Å²) in [5.41, 5.74) is 0.897. The van der Waals surface area contributed by atoms with Gasteiger partial charge < -0.3 is 4.74 Å². The number of halogens is 1. The Hall–Kier alpha value is -1.14. The maximum atomic E-state index is 11.5. The Morgan fingerprint density at radius 2 is 2.25 bits per heavy atom. The number of carbonyl (C=O) groups is 1. The molecule has 1 heterocycles. The first-order valence-electron chi connectivity index (χ1n) is 6.32. The SMILES string of the molecule is CCOC(=O)CC(C)Sc1ncnc2ccc(Br)cc12. The van der Waals surface area contributed by atoms with E-state index in [2.05, 4.69) is 25.9 Å². The Balaban J connectivity index is 2.17. The maximum Gasteiger partial charge on any atom is 0.306 e. The Kier molecular flexibility index (Phi) is 5.37. The average Bonchev–Trinajstić information content (AvgIpc) is 2.39. The fourth-order valence-corrected chi connectivity index (χ4v) is 3.15. The first-order chi connectivity index (χ1) is 9.60. The summed E-state index contributed by atoms with van der Waals surface area (Å²) < 4.78 is 5.95. The molecule has 0 N–H and O–H groups in total. The van der Waals surface area contributed by atoms with Crippen LogP contribution >= 0.6 is 27.7 Å². The van der Waals surface area contributed by atoms with Gasteiger partial charge in [-0.3, -0.25) is 4.79 Å². The van der Waals surface area contributed by atoms with Crippen molar-refractivity contribution >= 4 is 44.6 Å². The predicted molar refractivity (Wildman–Crippen MR) is 83.8 cm³/mol. The lowest BCUT2D eigenvalue weighted by molar-refractivity contribution is -0.142. The molecule has 1 aromatic heterocycles. The van der Waals surface area contributed by atoms with E-state index in [-0.39, 0.29) is 11.2 Å². The smallest absolute Gasteiger partial charge is 0.306 e. The van der Waals surface area contributed by atoms with Gasteiger partial charge in [0.2, 0.25) is 0 Å². The van der Waals surface area contributed by atoms with Crippen molar-refractivity contribution in [2.75, 3.05) is 6.61 Å². The topological polar surface area (TPSA) is 52.1 Å². The van der Waals surface area contributed by atoms with Gasteiger partial charge in [-0.05, 0) is 25.1 Å². The van der Waals surface area contributed by atoms with Crippen LogP contribution in [0.15, 0.2) is 34.0 Å². The lowest BCUT2D eigenvalue weighted by Gasteiger charge is -2.11. The van der Waals surface area contributed by atoms with Gasteiger partial charge in [-0.1, -0.05) is 22.9 Å². The number of ether oxygens (including phenoxy) is 1. The lowest BCUT2D eigenvalue weighted by atomic mass is 10.2. The fraction of sp³-hybridized carbons (Fsp3) is 0.357. The highest BCUT2D eigenvalue weighted by molar-refractivity contribution is 9.10. The standard InChI is InChI=1S/C14H15BrN2O2S/c1-3-19-13(18)6-9(2)20-14-11-7-10(15)4-5-12(11)16-8-17-14/h4-5,7-9H,3,6H2,1-2H3. The number of fused-ring (bicyclic) bond motifs is 1. The van der Waals surface area contributed by atoms with E-state index in [9.17, 15) is 4.79 Å². The second-order valence-electron chi connectivity index (χ2n) is 4.28. The molecule has 106 valence electrons. The van der Waals surface area contributed by atoms with Gasteiger partial charge in [0.15, 0.2) is 0 Å². The quantitative estimate of drug-likeness (QED) is 0.464. The molecule has 0 aliphatic heterocycles. The van der Waals surface area contributed by atoms with Crippen LogP contribution in [-0.2, 0) is 9.53 Å². The van der Waals surface area contributed by atoms with Crippen molar-refractivity contribution in [2.45, 2.75) is 30.5 Å². The second kappa shape index (κ2) is 7.04. The van der Waals surface area contributed by atoms with E-state index >= 15 is 0 Å². The van der Waals surface area contributed by atoms with E-state index in [4.69, 9.17) is 4.74 Å². The molecule has 0 fully saturated rings. The number of thioether (sulfide) groups is 1. The minimum atomic E-state index is -0.174. The zero-order valence-electron chi connectivity index (χ0n) is 11.3. The van der Waals surface area contributed by atoms with Crippen molar-refractivity contribution in [2.24, 2.45) is 0 Å². The molecule has 0 saturated heterocycles. The van der Waals surface area contributed by atoms with Crippen LogP contribution in [0.5, 0.6) is 0 Å². The van der Waals surface area contributed by atoms with Crippen molar-refractivity contribution < 1.29 is 9.53 Å². The number of aromatic nitrogens is 2.